The highest BCUT2D eigenvalue weighted by molar-refractivity contribution is 7.22. The van der Waals surface area contributed by atoms with E-state index in [1.54, 1.807) is 17.0 Å². The third-order valence-electron chi connectivity index (χ3n) is 7.32. The molecule has 182 valence electrons. The number of anilines is 2. The first kappa shape index (κ1) is 21.9. The van der Waals surface area contributed by atoms with Gasteiger partial charge in [-0.3, -0.25) is 19.3 Å². The smallest absolute Gasteiger partial charge is 0.297 e. The molecule has 0 fully saturated rings. The normalized spacial score (nSPS) is 18.5. The van der Waals surface area contributed by atoms with Crippen LogP contribution in [0.4, 0.5) is 10.8 Å². The van der Waals surface area contributed by atoms with Gasteiger partial charge >= 0.3 is 0 Å². The lowest BCUT2D eigenvalue weighted by atomic mass is 9.84. The van der Waals surface area contributed by atoms with Crippen LogP contribution in [-0.2, 0) is 10.3 Å². The molecule has 0 saturated heterocycles. The number of rotatable bonds is 2. The summed E-state index contributed by atoms with van der Waals surface area (Å²) in [5, 5.41) is 0.686. The Bertz CT molecular complexity index is 1890. The molecule has 5 aromatic rings. The van der Waals surface area contributed by atoms with E-state index in [0.717, 1.165) is 21.3 Å². The van der Waals surface area contributed by atoms with Gasteiger partial charge in [-0.2, -0.15) is 0 Å². The van der Waals surface area contributed by atoms with Crippen LogP contribution in [-0.4, -0.2) is 23.3 Å². The second kappa shape index (κ2) is 7.36. The lowest BCUT2D eigenvalue weighted by Crippen LogP contribution is -2.53. The number of carbonyl (C=O) groups is 2. The zero-order valence-electron chi connectivity index (χ0n) is 20.4. The van der Waals surface area contributed by atoms with Gasteiger partial charge in [0, 0.05) is 12.1 Å². The molecule has 0 aliphatic carbocycles. The van der Waals surface area contributed by atoms with Gasteiger partial charge in [0.1, 0.15) is 5.58 Å². The number of likely N-dealkylation sites (N-methyl/N-ethyl adjacent to an activating group) is 1. The molecule has 0 bridgehead atoms. The standard InChI is InChI=1S/C29H21N3O4S/c1-4-31-20-8-6-5-7-18(20)29(27(31)35)23-24(33)17-13-15(2)10-12-21(17)36-25(23)26(34)32(29)28-30-19-11-9-16(3)14-22(19)37-28/h5-14H,4H2,1-3H3. The van der Waals surface area contributed by atoms with E-state index in [2.05, 4.69) is 0 Å². The molecule has 3 aromatic carbocycles. The van der Waals surface area contributed by atoms with Crippen molar-refractivity contribution in [2.75, 3.05) is 16.3 Å². The maximum absolute atomic E-state index is 14.5. The Morgan fingerprint density at radius 1 is 0.973 bits per heavy atom. The van der Waals surface area contributed by atoms with Crippen LogP contribution in [0.25, 0.3) is 21.2 Å². The Morgan fingerprint density at radius 3 is 2.54 bits per heavy atom. The molecular weight excluding hydrogens is 486 g/mol. The van der Waals surface area contributed by atoms with Gasteiger partial charge in [0.05, 0.1) is 26.9 Å². The molecule has 1 atom stereocenters. The highest BCUT2D eigenvalue weighted by atomic mass is 32.1. The number of carbonyl (C=O) groups excluding carboxylic acids is 2. The molecule has 2 aromatic heterocycles. The second-order valence-electron chi connectivity index (χ2n) is 9.52. The molecular formula is C29H21N3O4S. The van der Waals surface area contributed by atoms with Crippen LogP contribution in [0.2, 0.25) is 0 Å². The summed E-state index contributed by atoms with van der Waals surface area (Å²) < 4.78 is 7.02. The Hall–Kier alpha value is -4.30. The monoisotopic (exact) mass is 507 g/mol. The summed E-state index contributed by atoms with van der Waals surface area (Å²) in [6.45, 7) is 6.13. The molecule has 2 aliphatic rings. The van der Waals surface area contributed by atoms with Crippen molar-refractivity contribution in [1.29, 1.82) is 0 Å². The van der Waals surface area contributed by atoms with Gasteiger partial charge in [-0.25, -0.2) is 4.98 Å². The maximum atomic E-state index is 14.5. The third kappa shape index (κ3) is 2.65. The fourth-order valence-electron chi connectivity index (χ4n) is 5.71. The lowest BCUT2D eigenvalue weighted by molar-refractivity contribution is -0.121. The van der Waals surface area contributed by atoms with E-state index >= 15 is 0 Å². The number of benzene rings is 3. The quantitative estimate of drug-likeness (QED) is 0.324. The molecule has 0 saturated carbocycles. The van der Waals surface area contributed by atoms with Crippen molar-refractivity contribution in [2.45, 2.75) is 26.3 Å². The summed E-state index contributed by atoms with van der Waals surface area (Å²) in [6.07, 6.45) is 0. The molecule has 1 unspecified atom stereocenters. The van der Waals surface area contributed by atoms with Crippen LogP contribution in [0.3, 0.4) is 0 Å². The Labute approximate surface area is 215 Å². The average molecular weight is 508 g/mol. The number of para-hydroxylation sites is 1. The number of fused-ring (bicyclic) bond motifs is 6. The van der Waals surface area contributed by atoms with Crippen LogP contribution in [0.1, 0.15) is 39.7 Å². The molecule has 2 amide bonds. The Kier molecular flexibility index (Phi) is 4.37. The minimum absolute atomic E-state index is 0.0550. The van der Waals surface area contributed by atoms with Gasteiger partial charge in [-0.05, 0) is 56.7 Å². The number of hydrogen-bond donors (Lipinski definition) is 0. The maximum Gasteiger partial charge on any atom is 0.297 e. The fraction of sp³-hybridized carbons (Fsp3) is 0.172. The molecule has 8 heteroatoms. The molecule has 4 heterocycles. The van der Waals surface area contributed by atoms with Crippen LogP contribution >= 0.6 is 11.3 Å². The van der Waals surface area contributed by atoms with Gasteiger partial charge in [-0.15, -0.1) is 0 Å². The summed E-state index contributed by atoms with van der Waals surface area (Å²) in [5.41, 5.74) is 2.18. The first-order valence-electron chi connectivity index (χ1n) is 12.1. The van der Waals surface area contributed by atoms with Gasteiger partial charge in [0.2, 0.25) is 5.76 Å². The summed E-state index contributed by atoms with van der Waals surface area (Å²) in [4.78, 5) is 50.7. The first-order chi connectivity index (χ1) is 17.9. The van der Waals surface area contributed by atoms with Crippen LogP contribution in [0, 0.1) is 13.8 Å². The van der Waals surface area contributed by atoms with E-state index in [0.29, 0.717) is 33.9 Å². The molecule has 2 aliphatic heterocycles. The van der Waals surface area contributed by atoms with Crippen molar-refractivity contribution in [3.05, 3.63) is 98.9 Å². The molecule has 7 nitrogen and oxygen atoms in total. The second-order valence-corrected chi connectivity index (χ2v) is 10.5. The van der Waals surface area contributed by atoms with Gasteiger partial charge in [-0.1, -0.05) is 47.2 Å². The summed E-state index contributed by atoms with van der Waals surface area (Å²) in [5.74, 6) is -1.03. The molecule has 0 N–H and O–H groups in total. The van der Waals surface area contributed by atoms with Crippen molar-refractivity contribution >= 4 is 55.2 Å². The average Bonchev–Trinajstić information content (AvgIpc) is 3.49. The topological polar surface area (TPSA) is 83.7 Å². The Morgan fingerprint density at radius 2 is 1.73 bits per heavy atom. The molecule has 7 rings (SSSR count). The summed E-state index contributed by atoms with van der Waals surface area (Å²) >= 11 is 1.32. The number of nitrogens with zero attached hydrogens (tertiary/aromatic N) is 3. The lowest BCUT2D eigenvalue weighted by Gasteiger charge is -2.32. The van der Waals surface area contributed by atoms with Gasteiger partial charge < -0.3 is 9.32 Å². The van der Waals surface area contributed by atoms with Crippen molar-refractivity contribution < 1.29 is 14.0 Å². The van der Waals surface area contributed by atoms with Crippen LogP contribution in [0.5, 0.6) is 0 Å². The SMILES string of the molecule is CCN1C(=O)C2(c3ccccc31)c1c(oc3ccc(C)cc3c1=O)C(=O)N2c1nc2ccc(C)cc2s1. The van der Waals surface area contributed by atoms with E-state index in [1.165, 1.54) is 16.2 Å². The minimum Gasteiger partial charge on any atom is -0.450 e. The van der Waals surface area contributed by atoms with Gasteiger partial charge in [0.25, 0.3) is 11.8 Å². The molecule has 1 spiro atoms. The largest absolute Gasteiger partial charge is 0.450 e. The predicted molar refractivity (Wildman–Crippen MR) is 144 cm³/mol. The zero-order valence-corrected chi connectivity index (χ0v) is 21.2. The van der Waals surface area contributed by atoms with Crippen molar-refractivity contribution in [3.63, 3.8) is 0 Å². The van der Waals surface area contributed by atoms with E-state index in [1.807, 2.05) is 69.3 Å². The van der Waals surface area contributed by atoms with E-state index in [-0.39, 0.29) is 22.7 Å². The van der Waals surface area contributed by atoms with Crippen molar-refractivity contribution in [2.24, 2.45) is 0 Å². The molecule has 37 heavy (non-hydrogen) atoms. The number of thiazole rings is 1. The highest BCUT2D eigenvalue weighted by Gasteiger charge is 2.66. The Balaban J connectivity index is 1.64. The number of aromatic nitrogens is 1. The van der Waals surface area contributed by atoms with Crippen LogP contribution < -0.4 is 15.2 Å². The van der Waals surface area contributed by atoms with Crippen molar-refractivity contribution in [1.82, 2.24) is 4.98 Å². The third-order valence-corrected chi connectivity index (χ3v) is 8.32. The zero-order chi connectivity index (χ0) is 25.6. The van der Waals surface area contributed by atoms with Crippen LogP contribution in [0.15, 0.2) is 69.9 Å². The fourth-order valence-corrected chi connectivity index (χ4v) is 6.82. The van der Waals surface area contributed by atoms with Crippen molar-refractivity contribution in [3.8, 4) is 0 Å². The highest BCUT2D eigenvalue weighted by Crippen LogP contribution is 2.54. The van der Waals surface area contributed by atoms with E-state index in [4.69, 9.17) is 9.40 Å². The number of hydrogen-bond acceptors (Lipinski definition) is 6. The van der Waals surface area contributed by atoms with E-state index < -0.39 is 11.4 Å². The minimum atomic E-state index is -1.71. The molecule has 0 radical (unpaired) electrons. The summed E-state index contributed by atoms with van der Waals surface area (Å²) in [7, 11) is 0. The first-order valence-corrected chi connectivity index (χ1v) is 12.9. The predicted octanol–water partition coefficient (Wildman–Crippen LogP) is 5.29. The number of amides is 2. The van der Waals surface area contributed by atoms with E-state index in [9.17, 15) is 14.4 Å². The summed E-state index contributed by atoms with van der Waals surface area (Å²) in [6, 6.07) is 18.5. The van der Waals surface area contributed by atoms with Gasteiger partial charge in [0.15, 0.2) is 16.1 Å². The number of aryl methyl sites for hydroxylation is 2.